The maximum Gasteiger partial charge on any atom is 0.153 e. The molecule has 0 N–H and O–H groups in total. The molecule has 2 nitrogen and oxygen atoms in total. The first-order valence-corrected chi connectivity index (χ1v) is 6.90. The van der Waals surface area contributed by atoms with Crippen molar-refractivity contribution >= 4 is 6.29 Å². The predicted octanol–water partition coefficient (Wildman–Crippen LogP) is 5.04. The zero-order valence-electron chi connectivity index (χ0n) is 12.1. The van der Waals surface area contributed by atoms with Gasteiger partial charge in [0.2, 0.25) is 0 Å². The van der Waals surface area contributed by atoms with E-state index in [1.165, 1.54) is 0 Å². The molecular formula is C19H16O2. The fourth-order valence-electron chi connectivity index (χ4n) is 2.45. The number of aryl methyl sites for hydroxylation is 2. The van der Waals surface area contributed by atoms with Crippen molar-refractivity contribution in [2.24, 2.45) is 0 Å². The lowest BCUT2D eigenvalue weighted by molar-refractivity contribution is 0.112. The van der Waals surface area contributed by atoms with E-state index < -0.39 is 0 Å². The third kappa shape index (κ3) is 2.65. The van der Waals surface area contributed by atoms with E-state index in [2.05, 4.69) is 0 Å². The van der Waals surface area contributed by atoms with Crippen LogP contribution in [0, 0.1) is 13.8 Å². The maximum absolute atomic E-state index is 11.3. The molecule has 0 radical (unpaired) electrons. The quantitative estimate of drug-likeness (QED) is 0.627. The standard InChI is InChI=1S/C19H16O2/c1-13-5-3-7-15(9-13)18-11-17(12-20)19(21-18)16-8-4-6-14(2)10-16/h3-12H,1-2H3. The summed E-state index contributed by atoms with van der Waals surface area (Å²) >= 11 is 0. The van der Waals surface area contributed by atoms with Crippen LogP contribution in [0.25, 0.3) is 22.6 Å². The minimum Gasteiger partial charge on any atom is -0.455 e. The highest BCUT2D eigenvalue weighted by Crippen LogP contribution is 2.32. The summed E-state index contributed by atoms with van der Waals surface area (Å²) in [6.07, 6.45) is 0.848. The number of furan rings is 1. The Hall–Kier alpha value is -2.61. The Labute approximate surface area is 124 Å². The molecule has 0 aliphatic heterocycles. The largest absolute Gasteiger partial charge is 0.455 e. The third-order valence-corrected chi connectivity index (χ3v) is 3.47. The molecule has 0 aliphatic rings. The topological polar surface area (TPSA) is 30.2 Å². The first kappa shape index (κ1) is 13.4. The third-order valence-electron chi connectivity index (χ3n) is 3.47. The van der Waals surface area contributed by atoms with Crippen molar-refractivity contribution in [2.45, 2.75) is 13.8 Å². The van der Waals surface area contributed by atoms with Crippen LogP contribution in [0.2, 0.25) is 0 Å². The molecule has 3 aromatic rings. The summed E-state index contributed by atoms with van der Waals surface area (Å²) in [4.78, 5) is 11.3. The Morgan fingerprint density at radius 2 is 1.48 bits per heavy atom. The SMILES string of the molecule is Cc1cccc(-c2cc(C=O)c(-c3cccc(C)c3)o2)c1. The normalized spacial score (nSPS) is 10.6. The van der Waals surface area contributed by atoms with Gasteiger partial charge >= 0.3 is 0 Å². The van der Waals surface area contributed by atoms with Crippen molar-refractivity contribution in [2.75, 3.05) is 0 Å². The molecule has 2 aromatic carbocycles. The van der Waals surface area contributed by atoms with Gasteiger partial charge in [-0.2, -0.15) is 0 Å². The van der Waals surface area contributed by atoms with E-state index in [-0.39, 0.29) is 0 Å². The molecule has 104 valence electrons. The highest BCUT2D eigenvalue weighted by molar-refractivity contribution is 5.87. The summed E-state index contributed by atoms with van der Waals surface area (Å²) in [5.74, 6) is 1.35. The van der Waals surface area contributed by atoms with E-state index in [4.69, 9.17) is 4.42 Å². The number of hydrogen-bond donors (Lipinski definition) is 0. The molecule has 3 rings (SSSR count). The van der Waals surface area contributed by atoms with Gasteiger partial charge in [0.25, 0.3) is 0 Å². The minimum atomic E-state index is 0.581. The molecule has 0 atom stereocenters. The Kier molecular flexibility index (Phi) is 3.44. The van der Waals surface area contributed by atoms with Gasteiger partial charge in [0.05, 0.1) is 5.56 Å². The van der Waals surface area contributed by atoms with Crippen molar-refractivity contribution in [3.8, 4) is 22.6 Å². The monoisotopic (exact) mass is 276 g/mol. The van der Waals surface area contributed by atoms with E-state index in [1.54, 1.807) is 6.07 Å². The van der Waals surface area contributed by atoms with Gasteiger partial charge < -0.3 is 4.42 Å². The Morgan fingerprint density at radius 1 is 0.857 bits per heavy atom. The number of rotatable bonds is 3. The number of hydrogen-bond acceptors (Lipinski definition) is 2. The molecule has 0 unspecified atom stereocenters. The van der Waals surface area contributed by atoms with Gasteiger partial charge in [0, 0.05) is 11.1 Å². The van der Waals surface area contributed by atoms with Crippen LogP contribution in [0.15, 0.2) is 59.0 Å². The lowest BCUT2D eigenvalue weighted by Gasteiger charge is -2.01. The molecule has 0 saturated heterocycles. The summed E-state index contributed by atoms with van der Waals surface area (Å²) in [7, 11) is 0. The molecule has 0 amide bonds. The van der Waals surface area contributed by atoms with Crippen molar-refractivity contribution < 1.29 is 9.21 Å². The van der Waals surface area contributed by atoms with Crippen LogP contribution in [-0.4, -0.2) is 6.29 Å². The van der Waals surface area contributed by atoms with Crippen LogP contribution in [0.3, 0.4) is 0 Å². The number of carbonyl (C=O) groups is 1. The fraction of sp³-hybridized carbons (Fsp3) is 0.105. The van der Waals surface area contributed by atoms with Gasteiger partial charge in [0.1, 0.15) is 11.5 Å². The molecule has 0 saturated carbocycles. The van der Waals surface area contributed by atoms with E-state index in [9.17, 15) is 4.79 Å². The molecule has 0 spiro atoms. The van der Waals surface area contributed by atoms with Gasteiger partial charge in [-0.25, -0.2) is 0 Å². The van der Waals surface area contributed by atoms with E-state index in [0.717, 1.165) is 34.3 Å². The maximum atomic E-state index is 11.3. The first-order valence-electron chi connectivity index (χ1n) is 6.90. The van der Waals surface area contributed by atoms with Crippen LogP contribution in [0.4, 0.5) is 0 Å². The molecule has 0 fully saturated rings. The van der Waals surface area contributed by atoms with Gasteiger partial charge in [0.15, 0.2) is 6.29 Å². The highest BCUT2D eigenvalue weighted by atomic mass is 16.3. The van der Waals surface area contributed by atoms with Crippen molar-refractivity contribution in [3.05, 3.63) is 71.3 Å². The summed E-state index contributed by atoms with van der Waals surface area (Å²) < 4.78 is 5.96. The van der Waals surface area contributed by atoms with Gasteiger partial charge in [-0.15, -0.1) is 0 Å². The van der Waals surface area contributed by atoms with Gasteiger partial charge in [-0.05, 0) is 32.0 Å². The van der Waals surface area contributed by atoms with Crippen molar-refractivity contribution in [3.63, 3.8) is 0 Å². The fourth-order valence-corrected chi connectivity index (χ4v) is 2.45. The lowest BCUT2D eigenvalue weighted by Crippen LogP contribution is -1.82. The lowest BCUT2D eigenvalue weighted by atomic mass is 10.1. The Balaban J connectivity index is 2.13. The smallest absolute Gasteiger partial charge is 0.153 e. The molecule has 2 heteroatoms. The Morgan fingerprint density at radius 3 is 2.10 bits per heavy atom. The molecule has 0 aliphatic carbocycles. The average molecular weight is 276 g/mol. The second-order valence-corrected chi connectivity index (χ2v) is 5.25. The minimum absolute atomic E-state index is 0.581. The molecule has 1 heterocycles. The van der Waals surface area contributed by atoms with E-state index in [1.807, 2.05) is 62.4 Å². The Bertz CT molecular complexity index is 797. The number of benzene rings is 2. The van der Waals surface area contributed by atoms with Crippen LogP contribution in [0.1, 0.15) is 21.5 Å². The second-order valence-electron chi connectivity index (χ2n) is 5.25. The molecule has 0 bridgehead atoms. The second kappa shape index (κ2) is 5.41. The average Bonchev–Trinajstić information content (AvgIpc) is 2.91. The summed E-state index contributed by atoms with van der Waals surface area (Å²) in [5.41, 5.74) is 4.79. The highest BCUT2D eigenvalue weighted by Gasteiger charge is 2.14. The zero-order chi connectivity index (χ0) is 14.8. The van der Waals surface area contributed by atoms with Crippen LogP contribution < -0.4 is 0 Å². The molecule has 21 heavy (non-hydrogen) atoms. The predicted molar refractivity (Wildman–Crippen MR) is 84.4 cm³/mol. The first-order chi connectivity index (χ1) is 10.2. The number of aldehydes is 1. The molecular weight excluding hydrogens is 260 g/mol. The summed E-state index contributed by atoms with van der Waals surface area (Å²) in [6.45, 7) is 4.06. The molecule has 1 aromatic heterocycles. The van der Waals surface area contributed by atoms with Crippen LogP contribution in [-0.2, 0) is 0 Å². The van der Waals surface area contributed by atoms with Crippen molar-refractivity contribution in [1.29, 1.82) is 0 Å². The van der Waals surface area contributed by atoms with E-state index >= 15 is 0 Å². The summed E-state index contributed by atoms with van der Waals surface area (Å²) in [5, 5.41) is 0. The summed E-state index contributed by atoms with van der Waals surface area (Å²) in [6, 6.07) is 17.8. The van der Waals surface area contributed by atoms with Gasteiger partial charge in [-0.3, -0.25) is 4.79 Å². The van der Waals surface area contributed by atoms with Crippen molar-refractivity contribution in [1.82, 2.24) is 0 Å². The zero-order valence-corrected chi connectivity index (χ0v) is 12.1. The number of carbonyl (C=O) groups excluding carboxylic acids is 1. The van der Waals surface area contributed by atoms with E-state index in [0.29, 0.717) is 11.3 Å². The van der Waals surface area contributed by atoms with Crippen LogP contribution >= 0.6 is 0 Å². The van der Waals surface area contributed by atoms with Crippen LogP contribution in [0.5, 0.6) is 0 Å². The van der Waals surface area contributed by atoms with Gasteiger partial charge in [-0.1, -0.05) is 47.5 Å².